The SMILES string of the molecule is O=c1c([N+](=O)[O-])c(NC2C3C4CCC(C4)C23)nc2ccccn12. The maximum atomic E-state index is 12.4. The normalized spacial score (nSPS) is 33.7. The van der Waals surface area contributed by atoms with E-state index >= 15 is 0 Å². The van der Waals surface area contributed by atoms with Gasteiger partial charge in [0.2, 0.25) is 5.82 Å². The zero-order chi connectivity index (χ0) is 15.7. The van der Waals surface area contributed by atoms with Crippen LogP contribution in [0.5, 0.6) is 0 Å². The van der Waals surface area contributed by atoms with Crippen LogP contribution in [0, 0.1) is 33.8 Å². The Balaban J connectivity index is 1.57. The molecule has 118 valence electrons. The smallest absolute Gasteiger partial charge is 0.361 e. The minimum absolute atomic E-state index is 0.130. The summed E-state index contributed by atoms with van der Waals surface area (Å²) in [4.78, 5) is 27.5. The molecular weight excluding hydrogens is 296 g/mol. The van der Waals surface area contributed by atoms with Gasteiger partial charge in [-0.05, 0) is 55.1 Å². The maximum Gasteiger partial charge on any atom is 0.376 e. The molecule has 2 aromatic rings. The topological polar surface area (TPSA) is 89.5 Å². The van der Waals surface area contributed by atoms with Gasteiger partial charge in [0.15, 0.2) is 0 Å². The standard InChI is InChI=1S/C16H16N4O3/c21-16-14(20(22)23)15(17-10-3-1-2-6-19(10)16)18-13-11-8-4-5-9(7-8)12(11)13/h1-3,6,8-9,11-13,18H,4-5,7H2. The van der Waals surface area contributed by atoms with Gasteiger partial charge < -0.3 is 5.32 Å². The molecule has 23 heavy (non-hydrogen) atoms. The maximum absolute atomic E-state index is 12.4. The highest BCUT2D eigenvalue weighted by Crippen LogP contribution is 2.66. The Morgan fingerprint density at radius 1 is 1.26 bits per heavy atom. The van der Waals surface area contributed by atoms with Gasteiger partial charge in [-0.2, -0.15) is 0 Å². The molecule has 5 rings (SSSR count). The molecule has 2 aromatic heterocycles. The first-order chi connectivity index (χ1) is 11.1. The van der Waals surface area contributed by atoms with Crippen molar-refractivity contribution in [2.24, 2.45) is 23.7 Å². The van der Waals surface area contributed by atoms with E-state index in [9.17, 15) is 14.9 Å². The van der Waals surface area contributed by atoms with Gasteiger partial charge in [0.25, 0.3) is 0 Å². The lowest BCUT2D eigenvalue weighted by Gasteiger charge is -2.11. The Morgan fingerprint density at radius 3 is 2.70 bits per heavy atom. The number of pyridine rings is 1. The number of hydrogen-bond donors (Lipinski definition) is 1. The van der Waals surface area contributed by atoms with E-state index in [0.717, 1.165) is 11.8 Å². The molecule has 1 N–H and O–H groups in total. The Bertz CT molecular complexity index is 877. The fourth-order valence-electron chi connectivity index (χ4n) is 5.02. The summed E-state index contributed by atoms with van der Waals surface area (Å²) in [5, 5.41) is 14.6. The van der Waals surface area contributed by atoms with Crippen LogP contribution in [-0.2, 0) is 0 Å². The summed E-state index contributed by atoms with van der Waals surface area (Å²) >= 11 is 0. The van der Waals surface area contributed by atoms with Gasteiger partial charge in [0.05, 0.1) is 4.92 Å². The van der Waals surface area contributed by atoms with Gasteiger partial charge in [-0.15, -0.1) is 0 Å². The molecule has 4 unspecified atom stereocenters. The predicted octanol–water partition coefficient (Wildman–Crippen LogP) is 2.06. The molecular formula is C16H16N4O3. The highest BCUT2D eigenvalue weighted by Gasteiger charge is 2.65. The summed E-state index contributed by atoms with van der Waals surface area (Å²) in [6.45, 7) is 0. The third-order valence-corrected chi connectivity index (χ3v) is 5.93. The third kappa shape index (κ3) is 1.70. The Labute approximate surface area is 131 Å². The number of nitro groups is 1. The van der Waals surface area contributed by atoms with Crippen molar-refractivity contribution in [3.63, 3.8) is 0 Å². The van der Waals surface area contributed by atoms with E-state index in [1.165, 1.54) is 29.9 Å². The molecule has 2 bridgehead atoms. The van der Waals surface area contributed by atoms with Crippen molar-refractivity contribution >= 4 is 17.2 Å². The van der Waals surface area contributed by atoms with Crippen LogP contribution in [0.4, 0.5) is 11.5 Å². The molecule has 0 spiro atoms. The molecule has 0 amide bonds. The van der Waals surface area contributed by atoms with Crippen LogP contribution in [-0.4, -0.2) is 20.3 Å². The average molecular weight is 312 g/mol. The quantitative estimate of drug-likeness (QED) is 0.692. The second kappa shape index (κ2) is 4.31. The lowest BCUT2D eigenvalue weighted by molar-refractivity contribution is -0.385. The van der Waals surface area contributed by atoms with E-state index in [-0.39, 0.29) is 11.9 Å². The minimum atomic E-state index is -0.628. The van der Waals surface area contributed by atoms with E-state index in [4.69, 9.17) is 0 Å². The van der Waals surface area contributed by atoms with E-state index in [2.05, 4.69) is 10.3 Å². The van der Waals surface area contributed by atoms with E-state index in [0.29, 0.717) is 17.5 Å². The summed E-state index contributed by atoms with van der Waals surface area (Å²) < 4.78 is 1.22. The van der Waals surface area contributed by atoms with Gasteiger partial charge in [-0.25, -0.2) is 4.98 Å². The van der Waals surface area contributed by atoms with Crippen LogP contribution in [0.2, 0.25) is 0 Å². The van der Waals surface area contributed by atoms with Crippen molar-refractivity contribution in [3.05, 3.63) is 44.9 Å². The number of fused-ring (bicyclic) bond motifs is 6. The molecule has 3 aliphatic rings. The molecule has 3 saturated carbocycles. The van der Waals surface area contributed by atoms with Crippen molar-refractivity contribution in [1.82, 2.24) is 9.38 Å². The van der Waals surface area contributed by atoms with Crippen LogP contribution >= 0.6 is 0 Å². The first-order valence-corrected chi connectivity index (χ1v) is 8.07. The van der Waals surface area contributed by atoms with Gasteiger partial charge in [-0.3, -0.25) is 19.3 Å². The number of nitrogens with zero attached hydrogens (tertiary/aromatic N) is 3. The van der Waals surface area contributed by atoms with Crippen LogP contribution in [0.15, 0.2) is 29.2 Å². The van der Waals surface area contributed by atoms with Crippen molar-refractivity contribution in [2.75, 3.05) is 5.32 Å². The average Bonchev–Trinajstić information content (AvgIpc) is 2.91. The Hall–Kier alpha value is -2.44. The van der Waals surface area contributed by atoms with E-state index in [1.54, 1.807) is 18.2 Å². The van der Waals surface area contributed by atoms with Crippen molar-refractivity contribution in [2.45, 2.75) is 25.3 Å². The molecule has 0 saturated heterocycles. The fourth-order valence-corrected chi connectivity index (χ4v) is 5.02. The molecule has 3 aliphatic carbocycles. The first-order valence-electron chi connectivity index (χ1n) is 8.07. The van der Waals surface area contributed by atoms with Crippen LogP contribution < -0.4 is 10.9 Å². The largest absolute Gasteiger partial charge is 0.376 e. The predicted molar refractivity (Wildman–Crippen MR) is 83.3 cm³/mol. The molecule has 0 aromatic carbocycles. The van der Waals surface area contributed by atoms with Gasteiger partial charge in [0, 0.05) is 12.2 Å². The van der Waals surface area contributed by atoms with Gasteiger partial charge >= 0.3 is 11.2 Å². The highest BCUT2D eigenvalue weighted by atomic mass is 16.6. The Morgan fingerprint density at radius 2 is 2.00 bits per heavy atom. The monoisotopic (exact) mass is 312 g/mol. The highest BCUT2D eigenvalue weighted by molar-refractivity contribution is 5.61. The van der Waals surface area contributed by atoms with Crippen molar-refractivity contribution in [3.8, 4) is 0 Å². The second-order valence-corrected chi connectivity index (χ2v) is 6.96. The number of anilines is 1. The molecule has 2 heterocycles. The molecule has 3 fully saturated rings. The number of nitrogens with one attached hydrogen (secondary N) is 1. The summed E-state index contributed by atoms with van der Waals surface area (Å²) in [6.07, 6.45) is 5.37. The number of rotatable bonds is 3. The second-order valence-electron chi connectivity index (χ2n) is 6.96. The minimum Gasteiger partial charge on any atom is -0.361 e. The zero-order valence-electron chi connectivity index (χ0n) is 12.4. The van der Waals surface area contributed by atoms with Gasteiger partial charge in [-0.1, -0.05) is 6.07 Å². The molecule has 4 atom stereocenters. The molecule has 0 radical (unpaired) electrons. The van der Waals surface area contributed by atoms with Gasteiger partial charge in [0.1, 0.15) is 5.65 Å². The van der Waals surface area contributed by atoms with Crippen LogP contribution in [0.1, 0.15) is 19.3 Å². The summed E-state index contributed by atoms with van der Waals surface area (Å²) in [7, 11) is 0. The first kappa shape index (κ1) is 13.0. The lowest BCUT2D eigenvalue weighted by atomic mass is 10.0. The molecule has 0 aliphatic heterocycles. The van der Waals surface area contributed by atoms with E-state index in [1.807, 2.05) is 0 Å². The van der Waals surface area contributed by atoms with Crippen molar-refractivity contribution in [1.29, 1.82) is 0 Å². The lowest BCUT2D eigenvalue weighted by Crippen LogP contribution is -2.23. The molecule has 7 heteroatoms. The summed E-state index contributed by atoms with van der Waals surface area (Å²) in [5.41, 5.74) is -0.651. The summed E-state index contributed by atoms with van der Waals surface area (Å²) in [6, 6.07) is 5.37. The van der Waals surface area contributed by atoms with Crippen molar-refractivity contribution < 1.29 is 4.92 Å². The Kier molecular flexibility index (Phi) is 2.44. The fraction of sp³-hybridized carbons (Fsp3) is 0.500. The van der Waals surface area contributed by atoms with E-state index < -0.39 is 16.2 Å². The number of hydrogen-bond acceptors (Lipinski definition) is 5. The number of aromatic nitrogens is 2. The van der Waals surface area contributed by atoms with Crippen LogP contribution in [0.3, 0.4) is 0 Å². The summed E-state index contributed by atoms with van der Waals surface area (Å²) in [5.74, 6) is 2.87. The molecule has 7 nitrogen and oxygen atoms in total. The zero-order valence-corrected chi connectivity index (χ0v) is 12.4. The third-order valence-electron chi connectivity index (χ3n) is 5.93. The van der Waals surface area contributed by atoms with Crippen LogP contribution in [0.25, 0.3) is 5.65 Å².